The maximum absolute atomic E-state index is 11.7. The molecule has 0 spiro atoms. The Bertz CT molecular complexity index is 332. The lowest BCUT2D eigenvalue weighted by Crippen LogP contribution is -2.23. The number of carbonyl (C=O) groups is 1. The van der Waals surface area contributed by atoms with Gasteiger partial charge in [0.25, 0.3) is 0 Å². The van der Waals surface area contributed by atoms with E-state index >= 15 is 0 Å². The van der Waals surface area contributed by atoms with Crippen molar-refractivity contribution in [3.63, 3.8) is 0 Å². The Balaban J connectivity index is 2.17. The van der Waals surface area contributed by atoms with Crippen molar-refractivity contribution in [3.05, 3.63) is 30.1 Å². The molecule has 2 rings (SSSR count). The maximum atomic E-state index is 11.7. The number of nitrogens with two attached hydrogens (primary N) is 1. The van der Waals surface area contributed by atoms with Crippen LogP contribution >= 0.6 is 0 Å². The molecule has 3 heteroatoms. The third-order valence-electron chi connectivity index (χ3n) is 2.54. The molecule has 0 aliphatic heterocycles. The van der Waals surface area contributed by atoms with Crippen molar-refractivity contribution < 1.29 is 4.79 Å². The molecule has 13 heavy (non-hydrogen) atoms. The molecule has 1 saturated carbocycles. The van der Waals surface area contributed by atoms with E-state index in [2.05, 4.69) is 4.98 Å². The first-order valence-corrected chi connectivity index (χ1v) is 4.34. The summed E-state index contributed by atoms with van der Waals surface area (Å²) in [5.74, 6) is 0.120. The monoisotopic (exact) mass is 176 g/mol. The number of nitrogens with zero attached hydrogens (tertiary/aromatic N) is 1. The number of Topliss-reactive ketones (excluding diaryl/α,β-unsaturated/α-hetero) is 1. The maximum Gasteiger partial charge on any atom is 0.169 e. The van der Waals surface area contributed by atoms with Crippen LogP contribution in [-0.4, -0.2) is 16.3 Å². The number of pyridine rings is 1. The van der Waals surface area contributed by atoms with Crippen molar-refractivity contribution in [1.29, 1.82) is 0 Å². The SMILES string of the molecule is CC1(N)CC1C(=O)c1cccnc1. The Morgan fingerprint density at radius 3 is 2.92 bits per heavy atom. The Kier molecular flexibility index (Phi) is 1.70. The predicted octanol–water partition coefficient (Wildman–Crippen LogP) is 1.00. The highest BCUT2D eigenvalue weighted by Gasteiger charge is 2.51. The molecule has 2 N–H and O–H groups in total. The first-order chi connectivity index (χ1) is 6.11. The summed E-state index contributed by atoms with van der Waals surface area (Å²) in [6.45, 7) is 1.91. The fourth-order valence-corrected chi connectivity index (χ4v) is 1.48. The summed E-state index contributed by atoms with van der Waals surface area (Å²) in [5.41, 5.74) is 6.19. The van der Waals surface area contributed by atoms with E-state index in [9.17, 15) is 4.79 Å². The molecule has 0 amide bonds. The number of carbonyl (C=O) groups excluding carboxylic acids is 1. The Morgan fingerprint density at radius 1 is 1.77 bits per heavy atom. The zero-order valence-electron chi connectivity index (χ0n) is 7.53. The Morgan fingerprint density at radius 2 is 2.46 bits per heavy atom. The van der Waals surface area contributed by atoms with Crippen LogP contribution in [0.1, 0.15) is 23.7 Å². The summed E-state index contributed by atoms with van der Waals surface area (Å²) < 4.78 is 0. The van der Waals surface area contributed by atoms with Gasteiger partial charge in [0.2, 0.25) is 0 Å². The topological polar surface area (TPSA) is 56.0 Å². The van der Waals surface area contributed by atoms with Gasteiger partial charge < -0.3 is 5.73 Å². The number of hydrogen-bond acceptors (Lipinski definition) is 3. The van der Waals surface area contributed by atoms with Crippen LogP contribution in [0.15, 0.2) is 24.5 Å². The molecular formula is C10H12N2O. The van der Waals surface area contributed by atoms with E-state index in [1.807, 2.05) is 6.92 Å². The minimum absolute atomic E-state index is 0.00306. The highest BCUT2D eigenvalue weighted by Crippen LogP contribution is 2.42. The van der Waals surface area contributed by atoms with E-state index in [1.54, 1.807) is 24.5 Å². The summed E-state index contributed by atoms with van der Waals surface area (Å²) >= 11 is 0. The van der Waals surface area contributed by atoms with Crippen molar-refractivity contribution >= 4 is 5.78 Å². The molecule has 1 aliphatic carbocycles. The van der Waals surface area contributed by atoms with Crippen molar-refractivity contribution in [2.75, 3.05) is 0 Å². The quantitative estimate of drug-likeness (QED) is 0.684. The van der Waals surface area contributed by atoms with Crippen molar-refractivity contribution in [2.45, 2.75) is 18.9 Å². The van der Waals surface area contributed by atoms with Crippen molar-refractivity contribution in [3.8, 4) is 0 Å². The molecule has 68 valence electrons. The van der Waals surface area contributed by atoms with Gasteiger partial charge in [-0.25, -0.2) is 0 Å². The number of ketones is 1. The molecular weight excluding hydrogens is 164 g/mol. The van der Waals surface area contributed by atoms with Gasteiger partial charge in [0.15, 0.2) is 5.78 Å². The van der Waals surface area contributed by atoms with E-state index in [0.29, 0.717) is 5.56 Å². The lowest BCUT2D eigenvalue weighted by molar-refractivity contribution is 0.0959. The van der Waals surface area contributed by atoms with E-state index in [0.717, 1.165) is 6.42 Å². The molecule has 1 aliphatic rings. The molecule has 1 aromatic rings. The minimum Gasteiger partial charge on any atom is -0.325 e. The van der Waals surface area contributed by atoms with E-state index in [4.69, 9.17) is 5.73 Å². The number of rotatable bonds is 2. The third kappa shape index (κ3) is 1.47. The minimum atomic E-state index is -0.285. The van der Waals surface area contributed by atoms with Gasteiger partial charge in [0, 0.05) is 29.4 Å². The van der Waals surface area contributed by atoms with Crippen LogP contribution in [0, 0.1) is 5.92 Å². The molecule has 0 bridgehead atoms. The number of hydrogen-bond donors (Lipinski definition) is 1. The largest absolute Gasteiger partial charge is 0.325 e. The van der Waals surface area contributed by atoms with Gasteiger partial charge in [-0.15, -0.1) is 0 Å². The van der Waals surface area contributed by atoms with E-state index in [-0.39, 0.29) is 17.2 Å². The van der Waals surface area contributed by atoms with E-state index < -0.39 is 0 Å². The van der Waals surface area contributed by atoms with Gasteiger partial charge >= 0.3 is 0 Å². The summed E-state index contributed by atoms with van der Waals surface area (Å²) in [4.78, 5) is 15.6. The summed E-state index contributed by atoms with van der Waals surface area (Å²) in [5, 5.41) is 0. The summed E-state index contributed by atoms with van der Waals surface area (Å²) in [7, 11) is 0. The first kappa shape index (κ1) is 8.38. The normalized spacial score (nSPS) is 31.4. The van der Waals surface area contributed by atoms with Crippen molar-refractivity contribution in [2.24, 2.45) is 11.7 Å². The van der Waals surface area contributed by atoms with Gasteiger partial charge in [-0.3, -0.25) is 9.78 Å². The second-order valence-electron chi connectivity index (χ2n) is 3.87. The second kappa shape index (κ2) is 2.64. The molecule has 0 radical (unpaired) electrons. The highest BCUT2D eigenvalue weighted by molar-refractivity contribution is 6.00. The van der Waals surface area contributed by atoms with Crippen LogP contribution < -0.4 is 5.73 Å². The van der Waals surface area contributed by atoms with Gasteiger partial charge in [-0.05, 0) is 25.5 Å². The highest BCUT2D eigenvalue weighted by atomic mass is 16.1. The lowest BCUT2D eigenvalue weighted by Gasteiger charge is -2.01. The average Bonchev–Trinajstić information content (AvgIpc) is 2.76. The Hall–Kier alpha value is -1.22. The van der Waals surface area contributed by atoms with Crippen LogP contribution in [0.2, 0.25) is 0 Å². The number of aromatic nitrogens is 1. The average molecular weight is 176 g/mol. The molecule has 0 saturated heterocycles. The van der Waals surface area contributed by atoms with Gasteiger partial charge in [0.1, 0.15) is 0 Å². The summed E-state index contributed by atoms with van der Waals surface area (Å²) in [6, 6.07) is 3.55. The Labute approximate surface area is 77.0 Å². The van der Waals surface area contributed by atoms with E-state index in [1.165, 1.54) is 0 Å². The first-order valence-electron chi connectivity index (χ1n) is 4.34. The second-order valence-corrected chi connectivity index (χ2v) is 3.87. The van der Waals surface area contributed by atoms with Crippen LogP contribution in [0.4, 0.5) is 0 Å². The van der Waals surface area contributed by atoms with Crippen LogP contribution in [0.5, 0.6) is 0 Å². The third-order valence-corrected chi connectivity index (χ3v) is 2.54. The fourth-order valence-electron chi connectivity index (χ4n) is 1.48. The lowest BCUT2D eigenvalue weighted by atomic mass is 10.1. The van der Waals surface area contributed by atoms with Gasteiger partial charge in [0.05, 0.1) is 0 Å². The van der Waals surface area contributed by atoms with Gasteiger partial charge in [-0.1, -0.05) is 0 Å². The van der Waals surface area contributed by atoms with Crippen molar-refractivity contribution in [1.82, 2.24) is 4.98 Å². The van der Waals surface area contributed by atoms with Crippen LogP contribution in [0.3, 0.4) is 0 Å². The smallest absolute Gasteiger partial charge is 0.169 e. The molecule has 2 unspecified atom stereocenters. The zero-order chi connectivity index (χ0) is 9.47. The molecule has 3 nitrogen and oxygen atoms in total. The van der Waals surface area contributed by atoms with Crippen LogP contribution in [0.25, 0.3) is 0 Å². The van der Waals surface area contributed by atoms with Gasteiger partial charge in [-0.2, -0.15) is 0 Å². The molecule has 1 aromatic heterocycles. The molecule has 2 atom stereocenters. The molecule has 1 heterocycles. The van der Waals surface area contributed by atoms with Crippen LogP contribution in [-0.2, 0) is 0 Å². The molecule has 0 aromatic carbocycles. The zero-order valence-corrected chi connectivity index (χ0v) is 7.53. The summed E-state index contributed by atoms with van der Waals surface area (Å²) in [6.07, 6.45) is 4.04. The fraction of sp³-hybridized carbons (Fsp3) is 0.400. The molecule has 1 fully saturated rings. The predicted molar refractivity (Wildman–Crippen MR) is 49.3 cm³/mol. The standard InChI is InChI=1S/C10H12N2O/c1-10(11)5-8(10)9(13)7-3-2-4-12-6-7/h2-4,6,8H,5,11H2,1H3.